The normalized spacial score (nSPS) is 22.6. The second-order valence-electron chi connectivity index (χ2n) is 8.60. The highest BCUT2D eigenvalue weighted by Crippen LogP contribution is 2.23. The fraction of sp³-hybridized carbons (Fsp3) is 0.542. The van der Waals surface area contributed by atoms with Crippen molar-refractivity contribution in [2.45, 2.75) is 45.1 Å². The van der Waals surface area contributed by atoms with Crippen molar-refractivity contribution in [2.75, 3.05) is 37.6 Å². The van der Waals surface area contributed by atoms with Crippen LogP contribution in [0.3, 0.4) is 0 Å². The summed E-state index contributed by atoms with van der Waals surface area (Å²) >= 11 is 0. The molecule has 160 valence electrons. The van der Waals surface area contributed by atoms with Gasteiger partial charge in [0.2, 0.25) is 5.91 Å². The molecule has 30 heavy (non-hydrogen) atoms. The Morgan fingerprint density at radius 1 is 1.03 bits per heavy atom. The van der Waals surface area contributed by atoms with Gasteiger partial charge in [0, 0.05) is 37.8 Å². The van der Waals surface area contributed by atoms with Gasteiger partial charge in [-0.1, -0.05) is 36.8 Å². The SMILES string of the molecule is C[C@@H]1CCCCN1CCNC(=O)[C@H]1CCCN(c2ccc(-c3ccccc3)nn2)C1. The van der Waals surface area contributed by atoms with Gasteiger partial charge in [-0.25, -0.2) is 0 Å². The smallest absolute Gasteiger partial charge is 0.224 e. The van der Waals surface area contributed by atoms with E-state index in [1.54, 1.807) is 0 Å². The fourth-order valence-electron chi connectivity index (χ4n) is 4.61. The average Bonchev–Trinajstić information content (AvgIpc) is 2.81. The Hall–Kier alpha value is -2.47. The van der Waals surface area contributed by atoms with E-state index < -0.39 is 0 Å². The van der Waals surface area contributed by atoms with E-state index in [-0.39, 0.29) is 11.8 Å². The Labute approximate surface area is 179 Å². The van der Waals surface area contributed by atoms with E-state index in [4.69, 9.17) is 0 Å². The Kier molecular flexibility index (Phi) is 6.95. The summed E-state index contributed by atoms with van der Waals surface area (Å²) in [6, 6.07) is 14.8. The standard InChI is InChI=1S/C24H33N5O/c1-19-8-5-6-15-28(19)17-14-25-24(30)21-11-7-16-29(18-21)23-13-12-22(26-27-23)20-9-3-2-4-10-20/h2-4,9-10,12-13,19,21H,5-8,11,14-18H2,1H3,(H,25,30)/t19-,21+/m1/s1. The highest BCUT2D eigenvalue weighted by atomic mass is 16.1. The Bertz CT molecular complexity index is 810. The topological polar surface area (TPSA) is 61.4 Å². The monoisotopic (exact) mass is 407 g/mol. The molecule has 2 aliphatic heterocycles. The molecule has 1 aromatic heterocycles. The number of likely N-dealkylation sites (tertiary alicyclic amines) is 1. The molecule has 1 amide bonds. The lowest BCUT2D eigenvalue weighted by molar-refractivity contribution is -0.125. The maximum absolute atomic E-state index is 12.7. The molecule has 6 heteroatoms. The third kappa shape index (κ3) is 5.17. The molecular formula is C24H33N5O. The third-order valence-corrected chi connectivity index (χ3v) is 6.48. The minimum atomic E-state index is 0.0214. The minimum absolute atomic E-state index is 0.0214. The first-order valence-electron chi connectivity index (χ1n) is 11.4. The van der Waals surface area contributed by atoms with E-state index in [1.165, 1.54) is 19.3 Å². The van der Waals surface area contributed by atoms with Crippen LogP contribution in [-0.2, 0) is 4.79 Å². The number of piperidine rings is 2. The fourth-order valence-corrected chi connectivity index (χ4v) is 4.61. The minimum Gasteiger partial charge on any atom is -0.355 e. The molecule has 1 N–H and O–H groups in total. The number of hydrogen-bond donors (Lipinski definition) is 1. The van der Waals surface area contributed by atoms with Gasteiger partial charge in [-0.05, 0) is 51.3 Å². The molecule has 0 saturated carbocycles. The van der Waals surface area contributed by atoms with Gasteiger partial charge in [-0.15, -0.1) is 10.2 Å². The van der Waals surface area contributed by atoms with E-state index in [9.17, 15) is 4.79 Å². The molecule has 2 atom stereocenters. The number of nitrogens with zero attached hydrogens (tertiary/aromatic N) is 4. The summed E-state index contributed by atoms with van der Waals surface area (Å²) in [5, 5.41) is 12.0. The molecule has 0 unspecified atom stereocenters. The van der Waals surface area contributed by atoms with Crippen LogP contribution in [0.1, 0.15) is 39.0 Å². The van der Waals surface area contributed by atoms with Crippen LogP contribution in [-0.4, -0.2) is 59.8 Å². The molecule has 0 radical (unpaired) electrons. The van der Waals surface area contributed by atoms with Crippen molar-refractivity contribution in [3.8, 4) is 11.3 Å². The third-order valence-electron chi connectivity index (χ3n) is 6.48. The predicted molar refractivity (Wildman–Crippen MR) is 120 cm³/mol. The van der Waals surface area contributed by atoms with Crippen LogP contribution in [0.25, 0.3) is 11.3 Å². The van der Waals surface area contributed by atoms with E-state index in [2.05, 4.69) is 32.2 Å². The molecule has 0 bridgehead atoms. The van der Waals surface area contributed by atoms with Gasteiger partial charge >= 0.3 is 0 Å². The zero-order chi connectivity index (χ0) is 20.8. The molecule has 2 aromatic rings. The van der Waals surface area contributed by atoms with Crippen molar-refractivity contribution in [1.82, 2.24) is 20.4 Å². The first-order chi connectivity index (χ1) is 14.7. The molecule has 2 aliphatic rings. The number of carbonyl (C=O) groups excluding carboxylic acids is 1. The van der Waals surface area contributed by atoms with E-state index in [0.717, 1.165) is 56.1 Å². The van der Waals surface area contributed by atoms with Crippen molar-refractivity contribution in [2.24, 2.45) is 5.92 Å². The van der Waals surface area contributed by atoms with Crippen LogP contribution in [0, 0.1) is 5.92 Å². The van der Waals surface area contributed by atoms with Gasteiger partial charge in [0.25, 0.3) is 0 Å². The van der Waals surface area contributed by atoms with E-state index >= 15 is 0 Å². The lowest BCUT2D eigenvalue weighted by atomic mass is 9.97. The highest BCUT2D eigenvalue weighted by molar-refractivity contribution is 5.79. The van der Waals surface area contributed by atoms with Gasteiger partial charge in [-0.3, -0.25) is 9.69 Å². The summed E-state index contributed by atoms with van der Waals surface area (Å²) in [7, 11) is 0. The number of carbonyl (C=O) groups is 1. The number of rotatable bonds is 6. The lowest BCUT2D eigenvalue weighted by Gasteiger charge is -2.34. The highest BCUT2D eigenvalue weighted by Gasteiger charge is 2.27. The molecule has 0 aliphatic carbocycles. The van der Waals surface area contributed by atoms with Crippen LogP contribution < -0.4 is 10.2 Å². The predicted octanol–water partition coefficient (Wildman–Crippen LogP) is 3.35. The average molecular weight is 408 g/mol. The Morgan fingerprint density at radius 3 is 2.67 bits per heavy atom. The number of amides is 1. The first-order valence-corrected chi connectivity index (χ1v) is 11.4. The molecule has 0 spiro atoms. The van der Waals surface area contributed by atoms with Crippen LogP contribution in [0.15, 0.2) is 42.5 Å². The zero-order valence-electron chi connectivity index (χ0n) is 18.0. The molecule has 1 aromatic carbocycles. The Morgan fingerprint density at radius 2 is 1.90 bits per heavy atom. The first kappa shape index (κ1) is 20.8. The maximum atomic E-state index is 12.7. The molecule has 6 nitrogen and oxygen atoms in total. The summed E-state index contributed by atoms with van der Waals surface area (Å²) in [6.07, 6.45) is 5.83. The Balaban J connectivity index is 1.29. The number of anilines is 1. The zero-order valence-corrected chi connectivity index (χ0v) is 18.0. The summed E-state index contributed by atoms with van der Waals surface area (Å²) in [6.45, 7) is 6.79. The molecule has 4 rings (SSSR count). The van der Waals surface area contributed by atoms with Gasteiger partial charge in [0.15, 0.2) is 5.82 Å². The van der Waals surface area contributed by atoms with Gasteiger partial charge in [0.05, 0.1) is 11.6 Å². The largest absolute Gasteiger partial charge is 0.355 e. The molecule has 3 heterocycles. The number of aromatic nitrogens is 2. The number of benzene rings is 1. The van der Waals surface area contributed by atoms with Crippen molar-refractivity contribution >= 4 is 11.7 Å². The second-order valence-corrected chi connectivity index (χ2v) is 8.60. The molecule has 2 saturated heterocycles. The van der Waals surface area contributed by atoms with Gasteiger partial charge < -0.3 is 10.2 Å². The van der Waals surface area contributed by atoms with Crippen molar-refractivity contribution < 1.29 is 4.79 Å². The van der Waals surface area contributed by atoms with Crippen molar-refractivity contribution in [3.63, 3.8) is 0 Å². The van der Waals surface area contributed by atoms with E-state index in [1.807, 2.05) is 42.5 Å². The van der Waals surface area contributed by atoms with Gasteiger partial charge in [0.1, 0.15) is 0 Å². The second kappa shape index (κ2) is 10.0. The molecule has 2 fully saturated rings. The molecular weight excluding hydrogens is 374 g/mol. The van der Waals surface area contributed by atoms with Crippen LogP contribution in [0.5, 0.6) is 0 Å². The summed E-state index contributed by atoms with van der Waals surface area (Å²) < 4.78 is 0. The van der Waals surface area contributed by atoms with E-state index in [0.29, 0.717) is 12.6 Å². The van der Waals surface area contributed by atoms with Crippen molar-refractivity contribution in [1.29, 1.82) is 0 Å². The summed E-state index contributed by atoms with van der Waals surface area (Å²) in [5.41, 5.74) is 1.94. The summed E-state index contributed by atoms with van der Waals surface area (Å²) in [5.74, 6) is 1.06. The van der Waals surface area contributed by atoms with Crippen molar-refractivity contribution in [3.05, 3.63) is 42.5 Å². The van der Waals surface area contributed by atoms with Crippen LogP contribution in [0.4, 0.5) is 5.82 Å². The lowest BCUT2D eigenvalue weighted by Crippen LogP contribution is -2.46. The maximum Gasteiger partial charge on any atom is 0.224 e. The van der Waals surface area contributed by atoms with Crippen LogP contribution in [0.2, 0.25) is 0 Å². The summed E-state index contributed by atoms with van der Waals surface area (Å²) in [4.78, 5) is 17.4. The van der Waals surface area contributed by atoms with Crippen LogP contribution >= 0.6 is 0 Å². The quantitative estimate of drug-likeness (QED) is 0.796. The number of hydrogen-bond acceptors (Lipinski definition) is 5. The van der Waals surface area contributed by atoms with Gasteiger partial charge in [-0.2, -0.15) is 0 Å². The number of nitrogens with one attached hydrogen (secondary N) is 1.